The number of amides is 1. The lowest BCUT2D eigenvalue weighted by Gasteiger charge is -2.40. The van der Waals surface area contributed by atoms with E-state index in [2.05, 4.69) is 29.8 Å². The molecule has 2 atom stereocenters. The quantitative estimate of drug-likeness (QED) is 0.434. The Morgan fingerprint density at radius 2 is 1.94 bits per heavy atom. The van der Waals surface area contributed by atoms with Gasteiger partial charge in [0.2, 0.25) is 12.3 Å². The Bertz CT molecular complexity index is 1050. The van der Waals surface area contributed by atoms with E-state index >= 15 is 0 Å². The Morgan fingerprint density at radius 1 is 1.25 bits per heavy atom. The Hall–Kier alpha value is -1.60. The van der Waals surface area contributed by atoms with Crippen molar-refractivity contribution in [1.29, 1.82) is 0 Å². The van der Waals surface area contributed by atoms with Crippen molar-refractivity contribution in [2.75, 3.05) is 20.1 Å². The number of halogens is 1. The highest BCUT2D eigenvalue weighted by Crippen LogP contribution is 2.41. The minimum absolute atomic E-state index is 0.0809. The van der Waals surface area contributed by atoms with Gasteiger partial charge < -0.3 is 19.7 Å². The highest BCUT2D eigenvalue weighted by atomic mass is 35.5. The summed E-state index contributed by atoms with van der Waals surface area (Å²) >= 11 is 6.26. The largest absolute Gasteiger partial charge is 0.356 e. The van der Waals surface area contributed by atoms with Crippen LogP contribution in [-0.4, -0.2) is 57.9 Å². The van der Waals surface area contributed by atoms with Crippen molar-refractivity contribution in [3.8, 4) is 0 Å². The smallest absolute Gasteiger partial charge is 0.226 e. The molecule has 1 amide bonds. The zero-order chi connectivity index (χ0) is 26.2. The first-order chi connectivity index (χ1) is 16.9. The number of benzene rings is 1. The summed E-state index contributed by atoms with van der Waals surface area (Å²) in [5, 5.41) is 12.3. The first-order valence-corrected chi connectivity index (χ1v) is 14.0. The van der Waals surface area contributed by atoms with E-state index in [9.17, 15) is 9.90 Å². The summed E-state index contributed by atoms with van der Waals surface area (Å²) < 4.78 is 5.69. The SMILES string of the molecule is CC(C)CC1c2[nH]c3cc(Cl)ccc3c2CCN1C(=O)C1CCC(CN(C)C(O)OC(C)(C)C)CC1. The summed E-state index contributed by atoms with van der Waals surface area (Å²) in [6, 6.07) is 6.15. The van der Waals surface area contributed by atoms with Crippen molar-refractivity contribution < 1.29 is 14.6 Å². The van der Waals surface area contributed by atoms with Crippen molar-refractivity contribution in [2.24, 2.45) is 17.8 Å². The van der Waals surface area contributed by atoms with E-state index in [1.165, 1.54) is 16.6 Å². The number of carbonyl (C=O) groups is 1. The number of hydrogen-bond donors (Lipinski definition) is 2. The molecule has 4 rings (SSSR count). The monoisotopic (exact) mass is 517 g/mol. The predicted molar refractivity (Wildman–Crippen MR) is 146 cm³/mol. The van der Waals surface area contributed by atoms with Gasteiger partial charge in [0.05, 0.1) is 11.6 Å². The Balaban J connectivity index is 1.42. The van der Waals surface area contributed by atoms with Crippen LogP contribution in [-0.2, 0) is 16.0 Å². The lowest BCUT2D eigenvalue weighted by molar-refractivity contribution is -0.235. The second-order valence-electron chi connectivity index (χ2n) is 12.3. The average Bonchev–Trinajstić information content (AvgIpc) is 3.16. The van der Waals surface area contributed by atoms with Crippen molar-refractivity contribution >= 4 is 28.4 Å². The summed E-state index contributed by atoms with van der Waals surface area (Å²) in [6.07, 6.45) is 4.74. The minimum atomic E-state index is -0.908. The molecule has 2 aliphatic rings. The van der Waals surface area contributed by atoms with Crippen LogP contribution in [0, 0.1) is 17.8 Å². The second-order valence-corrected chi connectivity index (χ2v) is 12.8. The Morgan fingerprint density at radius 3 is 2.58 bits per heavy atom. The van der Waals surface area contributed by atoms with E-state index in [1.54, 1.807) is 0 Å². The van der Waals surface area contributed by atoms with Gasteiger partial charge in [0.1, 0.15) is 0 Å². The molecule has 0 spiro atoms. The molecule has 7 heteroatoms. The maximum Gasteiger partial charge on any atom is 0.226 e. The van der Waals surface area contributed by atoms with E-state index in [0.29, 0.717) is 17.7 Å². The fraction of sp³-hybridized carbons (Fsp3) is 0.690. The topological polar surface area (TPSA) is 68.8 Å². The predicted octanol–water partition coefficient (Wildman–Crippen LogP) is 6.12. The van der Waals surface area contributed by atoms with Gasteiger partial charge in [-0.25, -0.2) is 0 Å². The van der Waals surface area contributed by atoms with E-state index < -0.39 is 12.0 Å². The van der Waals surface area contributed by atoms with Crippen LogP contribution in [0.2, 0.25) is 5.02 Å². The molecule has 1 aliphatic carbocycles. The highest BCUT2D eigenvalue weighted by Gasteiger charge is 2.38. The molecule has 36 heavy (non-hydrogen) atoms. The number of nitrogens with zero attached hydrogens (tertiary/aromatic N) is 2. The van der Waals surface area contributed by atoms with Gasteiger partial charge in [-0.1, -0.05) is 31.5 Å². The molecule has 6 nitrogen and oxygen atoms in total. The molecule has 200 valence electrons. The molecule has 2 unspecified atom stereocenters. The van der Waals surface area contributed by atoms with Crippen LogP contribution in [0.3, 0.4) is 0 Å². The molecule has 1 aliphatic heterocycles. The van der Waals surface area contributed by atoms with Crippen LogP contribution in [0.25, 0.3) is 10.9 Å². The summed E-state index contributed by atoms with van der Waals surface area (Å²) in [6.45, 7) is 11.9. The number of carbonyl (C=O) groups excluding carboxylic acids is 1. The van der Waals surface area contributed by atoms with E-state index in [4.69, 9.17) is 16.3 Å². The number of aliphatic hydroxyl groups is 1. The van der Waals surface area contributed by atoms with Gasteiger partial charge in [-0.3, -0.25) is 9.69 Å². The molecular weight excluding hydrogens is 474 g/mol. The number of hydrogen-bond acceptors (Lipinski definition) is 4. The Labute approximate surface area is 221 Å². The van der Waals surface area contributed by atoms with E-state index in [0.717, 1.165) is 62.2 Å². The lowest BCUT2D eigenvalue weighted by Crippen LogP contribution is -2.45. The molecule has 0 bridgehead atoms. The van der Waals surface area contributed by atoms with Gasteiger partial charge in [-0.2, -0.15) is 0 Å². The summed E-state index contributed by atoms with van der Waals surface area (Å²) in [7, 11) is 1.91. The minimum Gasteiger partial charge on any atom is -0.356 e. The van der Waals surface area contributed by atoms with Gasteiger partial charge in [0.25, 0.3) is 0 Å². The first-order valence-electron chi connectivity index (χ1n) is 13.6. The third-order valence-electron chi connectivity index (χ3n) is 7.77. The van der Waals surface area contributed by atoms with Crippen LogP contribution in [0.4, 0.5) is 0 Å². The molecule has 1 aromatic heterocycles. The number of aromatic amines is 1. The van der Waals surface area contributed by atoms with Crippen molar-refractivity contribution in [3.05, 3.63) is 34.5 Å². The summed E-state index contributed by atoms with van der Waals surface area (Å²) in [5.74, 6) is 1.35. The number of nitrogens with one attached hydrogen (secondary N) is 1. The van der Waals surface area contributed by atoms with Gasteiger partial charge in [0, 0.05) is 40.6 Å². The van der Waals surface area contributed by atoms with Gasteiger partial charge in [-0.05, 0) is 95.9 Å². The molecule has 2 aromatic rings. The van der Waals surface area contributed by atoms with Crippen LogP contribution < -0.4 is 0 Å². The second kappa shape index (κ2) is 11.0. The van der Waals surface area contributed by atoms with E-state index in [-0.39, 0.29) is 12.0 Å². The van der Waals surface area contributed by atoms with E-state index in [1.807, 2.05) is 44.9 Å². The first kappa shape index (κ1) is 27.4. The molecule has 1 saturated carbocycles. The number of ether oxygens (including phenoxy) is 1. The fourth-order valence-corrected chi connectivity index (χ4v) is 6.20. The molecule has 1 fully saturated rings. The molecule has 0 saturated heterocycles. The maximum absolute atomic E-state index is 13.8. The molecular formula is C29H44ClN3O3. The number of aromatic nitrogens is 1. The zero-order valence-electron chi connectivity index (χ0n) is 22.8. The van der Waals surface area contributed by atoms with Gasteiger partial charge >= 0.3 is 0 Å². The third-order valence-corrected chi connectivity index (χ3v) is 8.00. The van der Waals surface area contributed by atoms with Crippen LogP contribution in [0.1, 0.15) is 84.0 Å². The zero-order valence-corrected chi connectivity index (χ0v) is 23.6. The number of rotatable bonds is 7. The van der Waals surface area contributed by atoms with Crippen LogP contribution in [0.15, 0.2) is 18.2 Å². The summed E-state index contributed by atoms with van der Waals surface area (Å²) in [5.41, 5.74) is 3.22. The van der Waals surface area contributed by atoms with Crippen LogP contribution >= 0.6 is 11.6 Å². The standard InChI is InChI=1S/C29H44ClN3O3/c1-18(2)15-25-26-23(22-12-11-21(30)16-24(22)31-26)13-14-33(25)27(34)20-9-7-19(8-10-20)17-32(6)28(35)36-29(3,4)5/h11-12,16,18-20,25,28,31,35H,7-10,13-15,17H2,1-6H3. The third kappa shape index (κ3) is 6.27. The van der Waals surface area contributed by atoms with Crippen molar-refractivity contribution in [1.82, 2.24) is 14.8 Å². The molecule has 2 heterocycles. The molecule has 2 N–H and O–H groups in total. The van der Waals surface area contributed by atoms with Gasteiger partial charge in [-0.15, -0.1) is 0 Å². The number of H-pyrrole nitrogens is 1. The molecule has 0 radical (unpaired) electrons. The van der Waals surface area contributed by atoms with Crippen molar-refractivity contribution in [2.45, 2.75) is 91.2 Å². The summed E-state index contributed by atoms with van der Waals surface area (Å²) in [4.78, 5) is 21.5. The number of fused-ring (bicyclic) bond motifs is 3. The normalized spacial score (nSPS) is 23.9. The lowest BCUT2D eigenvalue weighted by atomic mass is 9.80. The van der Waals surface area contributed by atoms with Crippen molar-refractivity contribution in [3.63, 3.8) is 0 Å². The molecule has 1 aromatic carbocycles. The highest BCUT2D eigenvalue weighted by molar-refractivity contribution is 6.31. The van der Waals surface area contributed by atoms with Gasteiger partial charge in [0.15, 0.2) is 0 Å². The van der Waals surface area contributed by atoms with Crippen LogP contribution in [0.5, 0.6) is 0 Å². The maximum atomic E-state index is 13.8. The number of aliphatic hydroxyl groups excluding tert-OH is 1. The fourth-order valence-electron chi connectivity index (χ4n) is 6.03. The Kier molecular flexibility index (Phi) is 8.40. The average molecular weight is 518 g/mol.